The van der Waals surface area contributed by atoms with Crippen LogP contribution in [0.1, 0.15) is 11.8 Å². The van der Waals surface area contributed by atoms with Crippen molar-refractivity contribution < 1.29 is 9.84 Å². The zero-order valence-corrected chi connectivity index (χ0v) is 8.43. The standard InChI is InChI=1S/C8H14N2O2S/c1-2-12-8-10-6-7(13-8)5-9-3-4-11/h6,9,11H,2-5H2,1H3. The fraction of sp³-hybridized carbons (Fsp3) is 0.625. The Labute approximate surface area is 81.6 Å². The molecule has 0 spiro atoms. The molecule has 0 atom stereocenters. The van der Waals surface area contributed by atoms with E-state index in [9.17, 15) is 0 Å². The van der Waals surface area contributed by atoms with Gasteiger partial charge in [0.05, 0.1) is 13.2 Å². The topological polar surface area (TPSA) is 54.4 Å². The van der Waals surface area contributed by atoms with Crippen LogP contribution in [0.25, 0.3) is 0 Å². The van der Waals surface area contributed by atoms with E-state index in [0.717, 1.165) is 11.4 Å². The van der Waals surface area contributed by atoms with Crippen molar-refractivity contribution >= 4 is 11.3 Å². The minimum Gasteiger partial charge on any atom is -0.470 e. The molecule has 0 aliphatic rings. The Morgan fingerprint density at radius 2 is 2.54 bits per heavy atom. The number of rotatable bonds is 6. The lowest BCUT2D eigenvalue weighted by Gasteiger charge is -1.97. The summed E-state index contributed by atoms with van der Waals surface area (Å²) in [6, 6.07) is 0. The van der Waals surface area contributed by atoms with E-state index in [0.29, 0.717) is 18.3 Å². The van der Waals surface area contributed by atoms with Crippen molar-refractivity contribution in [1.82, 2.24) is 10.3 Å². The highest BCUT2D eigenvalue weighted by Crippen LogP contribution is 2.19. The maximum Gasteiger partial charge on any atom is 0.273 e. The molecule has 0 aliphatic heterocycles. The molecule has 0 bridgehead atoms. The molecule has 0 amide bonds. The molecular formula is C8H14N2O2S. The van der Waals surface area contributed by atoms with Crippen LogP contribution in [0, 0.1) is 0 Å². The van der Waals surface area contributed by atoms with Crippen LogP contribution >= 0.6 is 11.3 Å². The maximum absolute atomic E-state index is 8.53. The normalized spacial score (nSPS) is 10.3. The Morgan fingerprint density at radius 3 is 3.23 bits per heavy atom. The number of thiazole rings is 1. The molecule has 0 aromatic carbocycles. The summed E-state index contributed by atoms with van der Waals surface area (Å²) in [6.07, 6.45) is 1.79. The van der Waals surface area contributed by atoms with Gasteiger partial charge in [0.1, 0.15) is 0 Å². The first kappa shape index (κ1) is 10.4. The van der Waals surface area contributed by atoms with Gasteiger partial charge in [0.2, 0.25) is 0 Å². The molecule has 0 unspecified atom stereocenters. The van der Waals surface area contributed by atoms with Gasteiger partial charge in [-0.15, -0.1) is 0 Å². The molecule has 0 saturated carbocycles. The number of aliphatic hydroxyl groups excluding tert-OH is 1. The third kappa shape index (κ3) is 3.71. The van der Waals surface area contributed by atoms with Crippen molar-refractivity contribution in [3.63, 3.8) is 0 Å². The minimum atomic E-state index is 0.164. The summed E-state index contributed by atoms with van der Waals surface area (Å²) in [7, 11) is 0. The van der Waals surface area contributed by atoms with Gasteiger partial charge in [-0.2, -0.15) is 0 Å². The Bertz CT molecular complexity index is 240. The van der Waals surface area contributed by atoms with Crippen LogP contribution < -0.4 is 10.1 Å². The lowest BCUT2D eigenvalue weighted by Crippen LogP contribution is -2.16. The summed E-state index contributed by atoms with van der Waals surface area (Å²) in [5, 5.41) is 12.3. The van der Waals surface area contributed by atoms with Gasteiger partial charge in [-0.25, -0.2) is 4.98 Å². The average molecular weight is 202 g/mol. The first-order valence-electron chi connectivity index (χ1n) is 4.26. The molecule has 4 nitrogen and oxygen atoms in total. The van der Waals surface area contributed by atoms with Crippen molar-refractivity contribution in [3.8, 4) is 5.19 Å². The maximum atomic E-state index is 8.53. The number of nitrogens with zero attached hydrogens (tertiary/aromatic N) is 1. The van der Waals surface area contributed by atoms with Gasteiger partial charge in [0.15, 0.2) is 0 Å². The average Bonchev–Trinajstić information content (AvgIpc) is 2.54. The summed E-state index contributed by atoms with van der Waals surface area (Å²) >= 11 is 1.53. The van der Waals surface area contributed by atoms with Crippen molar-refractivity contribution in [2.45, 2.75) is 13.5 Å². The number of aliphatic hydroxyl groups is 1. The van der Waals surface area contributed by atoms with E-state index in [2.05, 4.69) is 10.3 Å². The van der Waals surface area contributed by atoms with E-state index >= 15 is 0 Å². The summed E-state index contributed by atoms with van der Waals surface area (Å²) < 4.78 is 5.22. The molecule has 74 valence electrons. The third-order valence-corrected chi connectivity index (χ3v) is 2.30. The molecule has 1 aromatic heterocycles. The molecule has 13 heavy (non-hydrogen) atoms. The van der Waals surface area contributed by atoms with Gasteiger partial charge in [0.25, 0.3) is 5.19 Å². The van der Waals surface area contributed by atoms with Gasteiger partial charge < -0.3 is 15.2 Å². The molecule has 1 aromatic rings. The van der Waals surface area contributed by atoms with Crippen molar-refractivity contribution in [2.75, 3.05) is 19.8 Å². The number of hydrogen-bond donors (Lipinski definition) is 2. The lowest BCUT2D eigenvalue weighted by molar-refractivity contribution is 0.292. The molecule has 0 radical (unpaired) electrons. The van der Waals surface area contributed by atoms with E-state index in [1.807, 2.05) is 6.92 Å². The van der Waals surface area contributed by atoms with E-state index in [-0.39, 0.29) is 6.61 Å². The molecular weight excluding hydrogens is 188 g/mol. The fourth-order valence-corrected chi connectivity index (χ4v) is 1.64. The smallest absolute Gasteiger partial charge is 0.273 e. The predicted octanol–water partition coefficient (Wildman–Crippen LogP) is 0.624. The van der Waals surface area contributed by atoms with Crippen LogP contribution in [-0.4, -0.2) is 29.8 Å². The molecule has 1 rings (SSSR count). The van der Waals surface area contributed by atoms with Crippen LogP contribution in [0.2, 0.25) is 0 Å². The number of ether oxygens (including phenoxy) is 1. The van der Waals surface area contributed by atoms with Crippen molar-refractivity contribution in [1.29, 1.82) is 0 Å². The molecule has 1 heterocycles. The van der Waals surface area contributed by atoms with Gasteiger partial charge in [-0.1, -0.05) is 11.3 Å². The monoisotopic (exact) mass is 202 g/mol. The molecule has 2 N–H and O–H groups in total. The zero-order chi connectivity index (χ0) is 9.52. The van der Waals surface area contributed by atoms with Gasteiger partial charge >= 0.3 is 0 Å². The van der Waals surface area contributed by atoms with Crippen LogP contribution in [-0.2, 0) is 6.54 Å². The second-order valence-corrected chi connectivity index (χ2v) is 3.50. The van der Waals surface area contributed by atoms with E-state index in [1.54, 1.807) is 6.20 Å². The highest BCUT2D eigenvalue weighted by Gasteiger charge is 2.00. The molecule has 0 fully saturated rings. The molecule has 5 heteroatoms. The summed E-state index contributed by atoms with van der Waals surface area (Å²) in [5.74, 6) is 0. The van der Waals surface area contributed by atoms with Crippen molar-refractivity contribution in [3.05, 3.63) is 11.1 Å². The number of aromatic nitrogens is 1. The quantitative estimate of drug-likeness (QED) is 0.664. The fourth-order valence-electron chi connectivity index (χ4n) is 0.852. The third-order valence-electron chi connectivity index (χ3n) is 1.39. The summed E-state index contributed by atoms with van der Waals surface area (Å²) in [4.78, 5) is 5.20. The number of hydrogen-bond acceptors (Lipinski definition) is 5. The summed E-state index contributed by atoms with van der Waals surface area (Å²) in [6.45, 7) is 4.10. The Morgan fingerprint density at radius 1 is 1.69 bits per heavy atom. The zero-order valence-electron chi connectivity index (χ0n) is 7.62. The Hall–Kier alpha value is -0.650. The highest BCUT2D eigenvalue weighted by molar-refractivity contribution is 7.13. The largest absolute Gasteiger partial charge is 0.470 e. The second kappa shape index (κ2) is 5.90. The molecule has 0 saturated heterocycles. The Kier molecular flexibility index (Phi) is 4.74. The van der Waals surface area contributed by atoms with Gasteiger partial charge in [-0.05, 0) is 6.92 Å². The van der Waals surface area contributed by atoms with Crippen LogP contribution in [0.15, 0.2) is 6.20 Å². The van der Waals surface area contributed by atoms with Crippen LogP contribution in [0.3, 0.4) is 0 Å². The highest BCUT2D eigenvalue weighted by atomic mass is 32.1. The van der Waals surface area contributed by atoms with Crippen LogP contribution in [0.4, 0.5) is 0 Å². The van der Waals surface area contributed by atoms with Crippen molar-refractivity contribution in [2.24, 2.45) is 0 Å². The van der Waals surface area contributed by atoms with Gasteiger partial charge in [0, 0.05) is 24.2 Å². The molecule has 0 aliphatic carbocycles. The second-order valence-electron chi connectivity index (χ2n) is 2.43. The minimum absolute atomic E-state index is 0.164. The van der Waals surface area contributed by atoms with Gasteiger partial charge in [-0.3, -0.25) is 0 Å². The predicted molar refractivity (Wildman–Crippen MR) is 52.1 cm³/mol. The summed E-state index contributed by atoms with van der Waals surface area (Å²) in [5.41, 5.74) is 0. The van der Waals surface area contributed by atoms with E-state index in [1.165, 1.54) is 11.3 Å². The lowest BCUT2D eigenvalue weighted by atomic mass is 10.5. The van der Waals surface area contributed by atoms with E-state index in [4.69, 9.17) is 9.84 Å². The Balaban J connectivity index is 2.31. The SMILES string of the molecule is CCOc1ncc(CNCCO)s1. The van der Waals surface area contributed by atoms with Crippen LogP contribution in [0.5, 0.6) is 5.19 Å². The number of nitrogens with one attached hydrogen (secondary N) is 1. The first-order chi connectivity index (χ1) is 6.36. The first-order valence-corrected chi connectivity index (χ1v) is 5.07. The van der Waals surface area contributed by atoms with E-state index < -0.39 is 0 Å².